The summed E-state index contributed by atoms with van der Waals surface area (Å²) in [6, 6.07) is 7.60. The van der Waals surface area contributed by atoms with Crippen molar-refractivity contribution in [2.24, 2.45) is 5.73 Å². The van der Waals surface area contributed by atoms with E-state index in [-0.39, 0.29) is 17.7 Å². The number of hydrogen-bond acceptors (Lipinski definition) is 7. The van der Waals surface area contributed by atoms with Crippen molar-refractivity contribution in [3.8, 4) is 12.8 Å². The van der Waals surface area contributed by atoms with E-state index in [2.05, 4.69) is 28.2 Å². The number of likely N-dealkylation sites (tertiary alicyclic amines) is 2. The molecule has 0 aliphatic carbocycles. The van der Waals surface area contributed by atoms with Gasteiger partial charge in [0.05, 0.1) is 12.1 Å². The van der Waals surface area contributed by atoms with Gasteiger partial charge >= 0.3 is 0 Å². The number of furan rings is 1. The van der Waals surface area contributed by atoms with Crippen LogP contribution in [-0.4, -0.2) is 74.5 Å². The normalized spacial score (nSPS) is 15.4. The number of aryl methyl sites for hydroxylation is 1. The summed E-state index contributed by atoms with van der Waals surface area (Å²) >= 11 is 0. The van der Waals surface area contributed by atoms with E-state index in [0.717, 1.165) is 80.8 Å². The average Bonchev–Trinajstić information content (AvgIpc) is 3.28. The number of fused-ring (bicyclic) bond motifs is 1. The van der Waals surface area contributed by atoms with Gasteiger partial charge in [0.2, 0.25) is 17.7 Å². The number of terminal acetylenes is 1. The molecule has 4 N–H and O–H groups in total. The van der Waals surface area contributed by atoms with Gasteiger partial charge in [0, 0.05) is 57.9 Å². The molecule has 0 bridgehead atoms. The largest absolute Gasteiger partial charge is 0.461 e. The summed E-state index contributed by atoms with van der Waals surface area (Å²) in [5, 5.41) is 6.54. The maximum Gasteiger partial charge on any atom is 0.250 e. The maximum atomic E-state index is 12.1. The van der Waals surface area contributed by atoms with E-state index in [4.69, 9.17) is 10.2 Å². The highest BCUT2D eigenvalue weighted by Crippen LogP contribution is 2.23. The lowest BCUT2D eigenvalue weighted by Crippen LogP contribution is -2.44. The topological polar surface area (TPSA) is 130 Å². The second-order valence-corrected chi connectivity index (χ2v) is 10.00. The molecular formula is C32H49N5O5. The van der Waals surface area contributed by atoms with E-state index in [1.165, 1.54) is 6.42 Å². The number of amides is 3. The molecule has 0 spiro atoms. The Morgan fingerprint density at radius 1 is 1.05 bits per heavy atom. The zero-order chi connectivity index (χ0) is 31.5. The van der Waals surface area contributed by atoms with Crippen molar-refractivity contribution >= 4 is 34.4 Å². The van der Waals surface area contributed by atoms with Crippen molar-refractivity contribution in [2.75, 3.05) is 52.3 Å². The smallest absolute Gasteiger partial charge is 0.250 e. The van der Waals surface area contributed by atoms with Crippen molar-refractivity contribution in [3.63, 3.8) is 0 Å². The molecule has 10 heteroatoms. The minimum Gasteiger partial charge on any atom is -0.461 e. The number of nitrogens with zero attached hydrogens (tertiary/aromatic N) is 2. The molecule has 2 aliphatic heterocycles. The molecule has 1 aromatic carbocycles. The Morgan fingerprint density at radius 2 is 1.67 bits per heavy atom. The Bertz CT molecular complexity index is 1180. The number of nitrogens with one attached hydrogen (secondary N) is 2. The van der Waals surface area contributed by atoms with Crippen LogP contribution in [0.4, 0.5) is 5.69 Å². The summed E-state index contributed by atoms with van der Waals surface area (Å²) in [5.74, 6) is 1.29. The molecule has 2 saturated heterocycles. The first-order chi connectivity index (χ1) is 20.2. The number of anilines is 1. The van der Waals surface area contributed by atoms with Gasteiger partial charge in [0.15, 0.2) is 0 Å². The quantitative estimate of drug-likeness (QED) is 0.340. The summed E-state index contributed by atoms with van der Waals surface area (Å²) in [5.41, 5.74) is 7.95. The highest BCUT2D eigenvalue weighted by Gasteiger charge is 2.23. The number of carbonyl (C=O) groups is 3. The van der Waals surface area contributed by atoms with Crippen LogP contribution in [-0.2, 0) is 19.1 Å². The van der Waals surface area contributed by atoms with Crippen LogP contribution in [0.2, 0.25) is 0 Å². The SMILES string of the molecule is C#C.CCOC.CNC(=O)/C(C)=C(\N)Nc1ccc2oc(C)cc2c1.O=C(CN1CCCCCC1=O)N1CCCCC1. The lowest BCUT2D eigenvalue weighted by Gasteiger charge is -2.29. The number of hydrogen-bond donors (Lipinski definition) is 3. The molecule has 2 aliphatic rings. The monoisotopic (exact) mass is 583 g/mol. The number of carbonyl (C=O) groups excluding carboxylic acids is 3. The summed E-state index contributed by atoms with van der Waals surface area (Å²) in [7, 11) is 3.25. The van der Waals surface area contributed by atoms with Gasteiger partial charge in [-0.3, -0.25) is 14.4 Å². The van der Waals surface area contributed by atoms with E-state index >= 15 is 0 Å². The standard InChI is InChI=1S/C14H17N3O2.C13H22N2O2.C3H8O.C2H2/c1-8-6-10-7-11(4-5-12(10)19-8)17-13(15)9(2)14(18)16-3;16-12-7-3-1-4-10-15(12)11-13(17)14-8-5-2-6-9-14;1-3-4-2;1-2/h4-7,17H,15H2,1-3H3,(H,16,18);1-11H2;3H2,1-2H3;1-2H/b13-9+;;;. The van der Waals surface area contributed by atoms with Crippen molar-refractivity contribution in [1.82, 2.24) is 15.1 Å². The highest BCUT2D eigenvalue weighted by molar-refractivity contribution is 5.94. The summed E-state index contributed by atoms with van der Waals surface area (Å²) in [4.78, 5) is 39.0. The Hall–Kier alpha value is -3.97. The Kier molecular flexibility index (Phi) is 17.2. The van der Waals surface area contributed by atoms with Gasteiger partial charge in [0.25, 0.3) is 0 Å². The maximum absolute atomic E-state index is 12.1. The number of rotatable bonds is 6. The fraction of sp³-hybridized carbons (Fsp3) is 0.531. The highest BCUT2D eigenvalue weighted by atomic mass is 16.5. The zero-order valence-corrected chi connectivity index (χ0v) is 26.0. The zero-order valence-electron chi connectivity index (χ0n) is 26.0. The van der Waals surface area contributed by atoms with Crippen molar-refractivity contribution < 1.29 is 23.5 Å². The van der Waals surface area contributed by atoms with Gasteiger partial charge < -0.3 is 35.3 Å². The minimum atomic E-state index is -0.203. The molecule has 2 fully saturated rings. The Balaban J connectivity index is 0.000000356. The molecule has 2 aromatic rings. The predicted octanol–water partition coefficient (Wildman–Crippen LogP) is 4.39. The van der Waals surface area contributed by atoms with E-state index in [9.17, 15) is 14.4 Å². The lowest BCUT2D eigenvalue weighted by molar-refractivity contribution is -0.140. The van der Waals surface area contributed by atoms with Crippen LogP contribution in [0.3, 0.4) is 0 Å². The molecule has 1 aromatic heterocycles. The van der Waals surface area contributed by atoms with Crippen LogP contribution in [0.5, 0.6) is 0 Å². The summed E-state index contributed by atoms with van der Waals surface area (Å²) in [6.45, 7) is 9.16. The number of likely N-dealkylation sites (N-methyl/N-ethyl adjacent to an activating group) is 1. The van der Waals surface area contributed by atoms with E-state index in [0.29, 0.717) is 24.4 Å². The van der Waals surface area contributed by atoms with E-state index in [1.807, 2.05) is 43.0 Å². The molecule has 4 rings (SSSR count). The summed E-state index contributed by atoms with van der Waals surface area (Å²) in [6.07, 6.45) is 15.2. The van der Waals surface area contributed by atoms with Crippen LogP contribution < -0.4 is 16.4 Å². The molecule has 3 heterocycles. The van der Waals surface area contributed by atoms with Gasteiger partial charge in [-0.15, -0.1) is 12.8 Å². The third-order valence-corrected chi connectivity index (χ3v) is 6.89. The van der Waals surface area contributed by atoms with Crippen molar-refractivity contribution in [3.05, 3.63) is 41.4 Å². The van der Waals surface area contributed by atoms with Gasteiger partial charge in [0.1, 0.15) is 17.2 Å². The first kappa shape index (κ1) is 36.1. The number of nitrogens with two attached hydrogens (primary N) is 1. The molecule has 10 nitrogen and oxygen atoms in total. The van der Waals surface area contributed by atoms with Crippen LogP contribution >= 0.6 is 0 Å². The third-order valence-electron chi connectivity index (χ3n) is 6.89. The van der Waals surface area contributed by atoms with Crippen molar-refractivity contribution in [2.45, 2.75) is 65.7 Å². The molecule has 0 saturated carbocycles. The second-order valence-electron chi connectivity index (χ2n) is 10.00. The van der Waals surface area contributed by atoms with Crippen LogP contribution in [0.25, 0.3) is 11.0 Å². The van der Waals surface area contributed by atoms with Gasteiger partial charge in [-0.2, -0.15) is 0 Å². The first-order valence-electron chi connectivity index (χ1n) is 14.5. The fourth-order valence-corrected chi connectivity index (χ4v) is 4.43. The van der Waals surface area contributed by atoms with Crippen molar-refractivity contribution in [1.29, 1.82) is 0 Å². The number of ether oxygens (including phenoxy) is 1. The van der Waals surface area contributed by atoms with Crippen LogP contribution in [0, 0.1) is 19.8 Å². The molecular weight excluding hydrogens is 534 g/mol. The fourth-order valence-electron chi connectivity index (χ4n) is 4.43. The Labute approximate surface area is 251 Å². The van der Waals surface area contributed by atoms with E-state index < -0.39 is 0 Å². The van der Waals surface area contributed by atoms with Crippen LogP contribution in [0.15, 0.2) is 40.1 Å². The van der Waals surface area contributed by atoms with E-state index in [1.54, 1.807) is 26.0 Å². The first-order valence-corrected chi connectivity index (χ1v) is 14.5. The van der Waals surface area contributed by atoms with Gasteiger partial charge in [-0.05, 0) is 77.1 Å². The molecule has 0 unspecified atom stereocenters. The average molecular weight is 584 g/mol. The second kappa shape index (κ2) is 20.0. The molecule has 232 valence electrons. The number of methoxy groups -OCH3 is 1. The third kappa shape index (κ3) is 12.3. The lowest BCUT2D eigenvalue weighted by atomic mass is 10.1. The number of piperidine rings is 1. The Morgan fingerprint density at radius 3 is 2.29 bits per heavy atom. The minimum absolute atomic E-state index is 0.139. The van der Waals surface area contributed by atoms with Crippen LogP contribution in [0.1, 0.15) is 64.6 Å². The molecule has 0 atom stereocenters. The molecule has 3 amide bonds. The molecule has 42 heavy (non-hydrogen) atoms. The summed E-state index contributed by atoms with van der Waals surface area (Å²) < 4.78 is 10.0. The predicted molar refractivity (Wildman–Crippen MR) is 168 cm³/mol. The van der Waals surface area contributed by atoms with Gasteiger partial charge in [-0.1, -0.05) is 6.42 Å². The molecule has 0 radical (unpaired) electrons. The number of benzene rings is 1. The van der Waals surface area contributed by atoms with Gasteiger partial charge in [-0.25, -0.2) is 0 Å².